The molecule has 1 saturated heterocycles. The van der Waals surface area contributed by atoms with Gasteiger partial charge >= 0.3 is 0 Å². The summed E-state index contributed by atoms with van der Waals surface area (Å²) in [5.74, 6) is 3.18. The predicted octanol–water partition coefficient (Wildman–Crippen LogP) is 2.77. The van der Waals surface area contributed by atoms with Crippen LogP contribution < -0.4 is 14.8 Å². The fourth-order valence-electron chi connectivity index (χ4n) is 4.21. The molecule has 0 bridgehead atoms. The molecule has 25 heavy (non-hydrogen) atoms. The van der Waals surface area contributed by atoms with Gasteiger partial charge in [-0.3, -0.25) is 9.69 Å². The average molecular weight is 365 g/mol. The van der Waals surface area contributed by atoms with Crippen molar-refractivity contribution in [3.8, 4) is 11.5 Å². The molecule has 5 nitrogen and oxygen atoms in total. The summed E-state index contributed by atoms with van der Waals surface area (Å²) in [4.78, 5) is 15.1. The standard InChI is InChI=1S/C19H28N2O3S/c1-21(15-5-12-8-19(22)20-10-13(12)6-15)11-14-7-17(24-3)18(25-4)9-16(14)23-2/h7,9,12-13,15H,5-6,8,10-11H2,1-4H3,(H,20,22)/t12-,13+,15-/m0/s1. The lowest BCUT2D eigenvalue weighted by molar-refractivity contribution is -0.124. The second-order valence-corrected chi connectivity index (χ2v) is 7.94. The van der Waals surface area contributed by atoms with Crippen LogP contribution in [0.1, 0.15) is 24.8 Å². The van der Waals surface area contributed by atoms with E-state index >= 15 is 0 Å². The number of amides is 1. The third-order valence-electron chi connectivity index (χ3n) is 5.66. The van der Waals surface area contributed by atoms with E-state index in [4.69, 9.17) is 9.47 Å². The second-order valence-electron chi connectivity index (χ2n) is 7.09. The van der Waals surface area contributed by atoms with E-state index in [1.165, 1.54) is 0 Å². The molecule has 1 aliphatic carbocycles. The number of methoxy groups -OCH3 is 2. The molecule has 6 heteroatoms. The van der Waals surface area contributed by atoms with Crippen molar-refractivity contribution in [2.45, 2.75) is 36.7 Å². The van der Waals surface area contributed by atoms with Crippen molar-refractivity contribution < 1.29 is 14.3 Å². The molecule has 1 heterocycles. The van der Waals surface area contributed by atoms with Gasteiger partial charge in [0.05, 0.1) is 19.1 Å². The molecule has 3 rings (SSSR count). The minimum Gasteiger partial charge on any atom is -0.496 e. The first-order valence-electron chi connectivity index (χ1n) is 8.81. The topological polar surface area (TPSA) is 50.8 Å². The summed E-state index contributed by atoms with van der Waals surface area (Å²) in [5, 5.41) is 3.01. The lowest BCUT2D eigenvalue weighted by atomic mass is 9.89. The van der Waals surface area contributed by atoms with E-state index < -0.39 is 0 Å². The van der Waals surface area contributed by atoms with Crippen molar-refractivity contribution in [2.75, 3.05) is 34.1 Å². The number of carbonyl (C=O) groups excluding carboxylic acids is 1. The third-order valence-corrected chi connectivity index (χ3v) is 6.41. The molecular weight excluding hydrogens is 336 g/mol. The Morgan fingerprint density at radius 1 is 1.20 bits per heavy atom. The Labute approximate surface area is 154 Å². The van der Waals surface area contributed by atoms with Crippen molar-refractivity contribution in [1.82, 2.24) is 10.2 Å². The van der Waals surface area contributed by atoms with Gasteiger partial charge in [-0.05, 0) is 50.1 Å². The highest BCUT2D eigenvalue weighted by atomic mass is 32.2. The predicted molar refractivity (Wildman–Crippen MR) is 100 cm³/mol. The van der Waals surface area contributed by atoms with Gasteiger partial charge in [0.15, 0.2) is 0 Å². The van der Waals surface area contributed by atoms with Crippen molar-refractivity contribution in [2.24, 2.45) is 11.8 Å². The molecule has 1 aromatic rings. The summed E-state index contributed by atoms with van der Waals surface area (Å²) in [5.41, 5.74) is 1.14. The molecule has 1 saturated carbocycles. The largest absolute Gasteiger partial charge is 0.496 e. The van der Waals surface area contributed by atoms with Crippen LogP contribution in [0.4, 0.5) is 0 Å². The maximum atomic E-state index is 11.6. The molecule has 0 spiro atoms. The van der Waals surface area contributed by atoms with Gasteiger partial charge in [-0.1, -0.05) is 0 Å². The van der Waals surface area contributed by atoms with Gasteiger partial charge in [-0.15, -0.1) is 11.8 Å². The summed E-state index contributed by atoms with van der Waals surface area (Å²) in [6.45, 7) is 1.66. The average Bonchev–Trinajstić information content (AvgIpc) is 3.04. The Bertz CT molecular complexity index is 637. The Morgan fingerprint density at radius 2 is 1.92 bits per heavy atom. The van der Waals surface area contributed by atoms with Gasteiger partial charge in [0.25, 0.3) is 0 Å². The molecule has 2 aliphatic rings. The monoisotopic (exact) mass is 364 g/mol. The molecular formula is C19H28N2O3S. The van der Waals surface area contributed by atoms with E-state index in [0.717, 1.165) is 47.9 Å². The normalized spacial score (nSPS) is 25.6. The molecule has 0 aromatic heterocycles. The number of rotatable bonds is 6. The van der Waals surface area contributed by atoms with Crippen molar-refractivity contribution >= 4 is 17.7 Å². The minimum atomic E-state index is 0.212. The quantitative estimate of drug-likeness (QED) is 0.787. The number of ether oxygens (including phenoxy) is 2. The van der Waals surface area contributed by atoms with E-state index in [2.05, 4.69) is 29.4 Å². The number of nitrogens with one attached hydrogen (secondary N) is 1. The van der Waals surface area contributed by atoms with Crippen molar-refractivity contribution in [3.63, 3.8) is 0 Å². The smallest absolute Gasteiger partial charge is 0.220 e. The molecule has 1 aliphatic heterocycles. The summed E-state index contributed by atoms with van der Waals surface area (Å²) >= 11 is 1.66. The van der Waals surface area contributed by atoms with Gasteiger partial charge in [0, 0.05) is 31.1 Å². The zero-order valence-corrected chi connectivity index (χ0v) is 16.3. The van der Waals surface area contributed by atoms with Gasteiger partial charge in [0.1, 0.15) is 11.5 Å². The van der Waals surface area contributed by atoms with Crippen LogP contribution in [0.15, 0.2) is 17.0 Å². The van der Waals surface area contributed by atoms with Crippen LogP contribution in [0.5, 0.6) is 11.5 Å². The summed E-state index contributed by atoms with van der Waals surface area (Å²) < 4.78 is 11.1. The van der Waals surface area contributed by atoms with Crippen LogP contribution in [0.3, 0.4) is 0 Å². The van der Waals surface area contributed by atoms with E-state index in [1.807, 2.05) is 6.26 Å². The first-order chi connectivity index (χ1) is 12.0. The van der Waals surface area contributed by atoms with Crippen molar-refractivity contribution in [1.29, 1.82) is 0 Å². The van der Waals surface area contributed by atoms with Crippen LogP contribution in [-0.2, 0) is 11.3 Å². The van der Waals surface area contributed by atoms with Gasteiger partial charge < -0.3 is 14.8 Å². The highest BCUT2D eigenvalue weighted by Crippen LogP contribution is 2.40. The number of carbonyl (C=O) groups is 1. The van der Waals surface area contributed by atoms with Crippen molar-refractivity contribution in [3.05, 3.63) is 17.7 Å². The van der Waals surface area contributed by atoms with Gasteiger partial charge in [-0.2, -0.15) is 0 Å². The first-order valence-corrected chi connectivity index (χ1v) is 10.0. The zero-order valence-electron chi connectivity index (χ0n) is 15.5. The molecule has 3 atom stereocenters. The Kier molecular flexibility index (Phi) is 5.79. The third kappa shape index (κ3) is 3.90. The highest BCUT2D eigenvalue weighted by Gasteiger charge is 2.39. The van der Waals surface area contributed by atoms with E-state index in [1.54, 1.807) is 26.0 Å². The maximum absolute atomic E-state index is 11.6. The lowest BCUT2D eigenvalue weighted by Gasteiger charge is -2.26. The number of hydrogen-bond donors (Lipinski definition) is 1. The van der Waals surface area contributed by atoms with Crippen LogP contribution in [0, 0.1) is 11.8 Å². The van der Waals surface area contributed by atoms with E-state index in [9.17, 15) is 4.79 Å². The SMILES string of the molecule is COc1cc(SC)c(OC)cc1CN(C)[C@H]1C[C@H]2CC(=O)NC[C@H]2C1. The number of hydrogen-bond acceptors (Lipinski definition) is 5. The fourth-order valence-corrected chi connectivity index (χ4v) is 4.78. The number of fused-ring (bicyclic) bond motifs is 1. The minimum absolute atomic E-state index is 0.212. The molecule has 1 N–H and O–H groups in total. The van der Waals surface area contributed by atoms with Gasteiger partial charge in [0.2, 0.25) is 5.91 Å². The van der Waals surface area contributed by atoms with E-state index in [-0.39, 0.29) is 5.91 Å². The van der Waals surface area contributed by atoms with Crippen LogP contribution in [0.2, 0.25) is 0 Å². The molecule has 138 valence electrons. The lowest BCUT2D eigenvalue weighted by Crippen LogP contribution is -2.38. The molecule has 1 amide bonds. The Hall–Kier alpha value is -1.40. The summed E-state index contributed by atoms with van der Waals surface area (Å²) in [7, 11) is 5.60. The van der Waals surface area contributed by atoms with Crippen LogP contribution in [-0.4, -0.2) is 50.9 Å². The second kappa shape index (κ2) is 7.87. The fraction of sp³-hybridized carbons (Fsp3) is 0.632. The molecule has 1 aromatic carbocycles. The Balaban J connectivity index is 1.72. The van der Waals surface area contributed by atoms with Gasteiger partial charge in [-0.25, -0.2) is 0 Å². The summed E-state index contributed by atoms with van der Waals surface area (Å²) in [6.07, 6.45) is 4.99. The summed E-state index contributed by atoms with van der Waals surface area (Å²) in [6, 6.07) is 4.66. The zero-order chi connectivity index (χ0) is 18.0. The number of thioether (sulfide) groups is 1. The highest BCUT2D eigenvalue weighted by molar-refractivity contribution is 7.98. The molecule has 0 radical (unpaired) electrons. The number of piperidine rings is 1. The maximum Gasteiger partial charge on any atom is 0.220 e. The first kappa shape index (κ1) is 18.4. The number of benzene rings is 1. The van der Waals surface area contributed by atoms with Crippen LogP contribution in [0.25, 0.3) is 0 Å². The Morgan fingerprint density at radius 3 is 2.60 bits per heavy atom. The molecule has 2 fully saturated rings. The van der Waals surface area contributed by atoms with E-state index in [0.29, 0.717) is 24.3 Å². The number of nitrogens with zero attached hydrogens (tertiary/aromatic N) is 1. The van der Waals surface area contributed by atoms with Crippen LogP contribution >= 0.6 is 11.8 Å². The molecule has 0 unspecified atom stereocenters.